The Hall–Kier alpha value is -1.90. The second-order valence-corrected chi connectivity index (χ2v) is 8.73. The number of piperidine rings is 1. The van der Waals surface area contributed by atoms with Gasteiger partial charge < -0.3 is 15.5 Å². The third kappa shape index (κ3) is 4.34. The number of carbonyl (C=O) groups excluding carboxylic acids is 1. The van der Waals surface area contributed by atoms with Gasteiger partial charge in [-0.25, -0.2) is 23.2 Å². The quantitative estimate of drug-likeness (QED) is 0.823. The van der Waals surface area contributed by atoms with Gasteiger partial charge in [0.2, 0.25) is 0 Å². The Morgan fingerprint density at radius 3 is 2.58 bits per heavy atom. The van der Waals surface area contributed by atoms with E-state index < -0.39 is 9.84 Å². The lowest BCUT2D eigenvalue weighted by Crippen LogP contribution is -2.49. The van der Waals surface area contributed by atoms with Crippen molar-refractivity contribution in [3.8, 4) is 0 Å². The maximum Gasteiger partial charge on any atom is 0.317 e. The standard InChI is InChI=1S/C15H23N5O3S/c1-11-8-14(17-10-16-11)18-12-2-5-20(6-3-12)15(21)19-13-4-7-24(22,23)9-13/h8,10,12-13H,2-7,9H2,1H3,(H,19,21)(H,16,17,18). The first-order valence-corrected chi connectivity index (χ1v) is 10.0. The van der Waals surface area contributed by atoms with E-state index in [0.29, 0.717) is 19.5 Å². The van der Waals surface area contributed by atoms with Crippen molar-refractivity contribution >= 4 is 21.7 Å². The van der Waals surface area contributed by atoms with Crippen LogP contribution in [0.3, 0.4) is 0 Å². The Kier molecular flexibility index (Phi) is 4.88. The Balaban J connectivity index is 1.45. The molecule has 2 fully saturated rings. The number of anilines is 1. The number of hydrogen-bond acceptors (Lipinski definition) is 6. The molecule has 3 rings (SSSR count). The minimum absolute atomic E-state index is 0.0593. The fourth-order valence-corrected chi connectivity index (χ4v) is 4.82. The number of nitrogens with zero attached hydrogens (tertiary/aromatic N) is 3. The van der Waals surface area contributed by atoms with Crippen molar-refractivity contribution in [1.82, 2.24) is 20.2 Å². The van der Waals surface area contributed by atoms with Crippen LogP contribution in [0.2, 0.25) is 0 Å². The molecule has 0 bridgehead atoms. The van der Waals surface area contributed by atoms with Gasteiger partial charge in [-0.15, -0.1) is 0 Å². The summed E-state index contributed by atoms with van der Waals surface area (Å²) in [7, 11) is -2.97. The molecule has 0 aromatic carbocycles. The molecule has 3 heterocycles. The van der Waals surface area contributed by atoms with Gasteiger partial charge in [0.25, 0.3) is 0 Å². The van der Waals surface area contributed by atoms with Gasteiger partial charge in [-0.1, -0.05) is 0 Å². The van der Waals surface area contributed by atoms with E-state index in [9.17, 15) is 13.2 Å². The van der Waals surface area contributed by atoms with Gasteiger partial charge in [-0.05, 0) is 26.2 Å². The maximum atomic E-state index is 12.3. The van der Waals surface area contributed by atoms with Crippen molar-refractivity contribution in [2.24, 2.45) is 0 Å². The van der Waals surface area contributed by atoms with Crippen LogP contribution in [-0.4, -0.2) is 66.0 Å². The number of aromatic nitrogens is 2. The first kappa shape index (κ1) is 16.9. The smallest absolute Gasteiger partial charge is 0.317 e. The Morgan fingerprint density at radius 2 is 1.96 bits per heavy atom. The summed E-state index contributed by atoms with van der Waals surface area (Å²) in [4.78, 5) is 22.3. The number of rotatable bonds is 3. The Morgan fingerprint density at radius 1 is 1.21 bits per heavy atom. The molecule has 8 nitrogen and oxygen atoms in total. The molecule has 1 atom stereocenters. The van der Waals surface area contributed by atoms with Crippen LogP contribution in [0.4, 0.5) is 10.6 Å². The van der Waals surface area contributed by atoms with Crippen LogP contribution < -0.4 is 10.6 Å². The summed E-state index contributed by atoms with van der Waals surface area (Å²) in [6.07, 6.45) is 3.72. The van der Waals surface area contributed by atoms with E-state index in [2.05, 4.69) is 20.6 Å². The number of carbonyl (C=O) groups is 1. The highest BCUT2D eigenvalue weighted by Crippen LogP contribution is 2.17. The summed E-state index contributed by atoms with van der Waals surface area (Å²) in [5.41, 5.74) is 0.913. The predicted octanol–water partition coefficient (Wildman–Crippen LogP) is 0.558. The lowest BCUT2D eigenvalue weighted by Gasteiger charge is -2.33. The molecular formula is C15H23N5O3S. The predicted molar refractivity (Wildman–Crippen MR) is 90.6 cm³/mol. The van der Waals surface area contributed by atoms with Crippen LogP contribution in [0.25, 0.3) is 0 Å². The van der Waals surface area contributed by atoms with Crippen molar-refractivity contribution in [2.45, 2.75) is 38.3 Å². The summed E-state index contributed by atoms with van der Waals surface area (Å²) < 4.78 is 22.9. The summed E-state index contributed by atoms with van der Waals surface area (Å²) in [5, 5.41) is 6.22. The number of likely N-dealkylation sites (tertiary alicyclic amines) is 1. The highest BCUT2D eigenvalue weighted by molar-refractivity contribution is 7.91. The molecule has 2 aliphatic rings. The van der Waals surface area contributed by atoms with Gasteiger partial charge in [-0.2, -0.15) is 0 Å². The lowest BCUT2D eigenvalue weighted by atomic mass is 10.1. The molecule has 0 saturated carbocycles. The van der Waals surface area contributed by atoms with Gasteiger partial charge in [-0.3, -0.25) is 0 Å². The Bertz CT molecular complexity index is 701. The fourth-order valence-electron chi connectivity index (χ4n) is 3.14. The molecule has 132 valence electrons. The zero-order chi connectivity index (χ0) is 17.2. The number of hydrogen-bond donors (Lipinski definition) is 2. The molecule has 0 radical (unpaired) electrons. The van der Waals surface area contributed by atoms with E-state index >= 15 is 0 Å². The molecule has 1 aromatic heterocycles. The summed E-state index contributed by atoms with van der Waals surface area (Å²) in [6.45, 7) is 3.21. The third-order valence-electron chi connectivity index (χ3n) is 4.50. The van der Waals surface area contributed by atoms with Crippen LogP contribution in [0.15, 0.2) is 12.4 Å². The van der Waals surface area contributed by atoms with Crippen molar-refractivity contribution in [2.75, 3.05) is 29.9 Å². The summed E-state index contributed by atoms with van der Waals surface area (Å²) in [5.74, 6) is 1.04. The van der Waals surface area contributed by atoms with E-state index in [0.717, 1.165) is 24.4 Å². The number of nitrogens with one attached hydrogen (secondary N) is 2. The highest BCUT2D eigenvalue weighted by Gasteiger charge is 2.31. The van der Waals surface area contributed by atoms with Gasteiger partial charge in [0, 0.05) is 36.9 Å². The van der Waals surface area contributed by atoms with E-state index in [4.69, 9.17) is 0 Å². The summed E-state index contributed by atoms with van der Waals surface area (Å²) >= 11 is 0. The average Bonchev–Trinajstić information content (AvgIpc) is 2.87. The molecule has 24 heavy (non-hydrogen) atoms. The molecule has 2 N–H and O–H groups in total. The summed E-state index contributed by atoms with van der Waals surface area (Å²) in [6, 6.07) is 1.77. The second-order valence-electron chi connectivity index (χ2n) is 6.50. The number of urea groups is 1. The highest BCUT2D eigenvalue weighted by atomic mass is 32.2. The minimum Gasteiger partial charge on any atom is -0.367 e. The van der Waals surface area contributed by atoms with Crippen molar-refractivity contribution in [1.29, 1.82) is 0 Å². The molecule has 1 aromatic rings. The fraction of sp³-hybridized carbons (Fsp3) is 0.667. The third-order valence-corrected chi connectivity index (χ3v) is 6.27. The van der Waals surface area contributed by atoms with Gasteiger partial charge in [0.1, 0.15) is 12.1 Å². The van der Waals surface area contributed by atoms with E-state index in [1.807, 2.05) is 13.0 Å². The number of amides is 2. The second kappa shape index (κ2) is 6.92. The monoisotopic (exact) mass is 353 g/mol. The van der Waals surface area contributed by atoms with Crippen LogP contribution in [0.1, 0.15) is 25.0 Å². The first-order valence-electron chi connectivity index (χ1n) is 8.22. The van der Waals surface area contributed by atoms with E-state index in [1.54, 1.807) is 4.90 Å². The normalized spacial score (nSPS) is 23.9. The Labute approximate surface area is 142 Å². The van der Waals surface area contributed by atoms with Crippen LogP contribution in [0, 0.1) is 6.92 Å². The first-order chi connectivity index (χ1) is 11.4. The zero-order valence-corrected chi connectivity index (χ0v) is 14.6. The molecule has 2 saturated heterocycles. The van der Waals surface area contributed by atoms with Crippen LogP contribution >= 0.6 is 0 Å². The van der Waals surface area contributed by atoms with Gasteiger partial charge >= 0.3 is 6.03 Å². The molecule has 2 aliphatic heterocycles. The topological polar surface area (TPSA) is 104 Å². The van der Waals surface area contributed by atoms with Crippen LogP contribution in [0.5, 0.6) is 0 Å². The van der Waals surface area contributed by atoms with Crippen molar-refractivity contribution in [3.05, 3.63) is 18.1 Å². The molecule has 9 heteroatoms. The van der Waals surface area contributed by atoms with E-state index in [-0.39, 0.29) is 29.6 Å². The van der Waals surface area contributed by atoms with Gasteiger partial charge in [0.05, 0.1) is 11.5 Å². The number of sulfone groups is 1. The van der Waals surface area contributed by atoms with Crippen molar-refractivity contribution in [3.63, 3.8) is 0 Å². The molecule has 1 unspecified atom stereocenters. The molecule has 0 aliphatic carbocycles. The maximum absolute atomic E-state index is 12.3. The SMILES string of the molecule is Cc1cc(NC2CCN(C(=O)NC3CCS(=O)(=O)C3)CC2)ncn1. The largest absolute Gasteiger partial charge is 0.367 e. The average molecular weight is 353 g/mol. The minimum atomic E-state index is -2.97. The lowest BCUT2D eigenvalue weighted by molar-refractivity contribution is 0.180. The molecule has 2 amide bonds. The van der Waals surface area contributed by atoms with Crippen molar-refractivity contribution < 1.29 is 13.2 Å². The number of aryl methyl sites for hydroxylation is 1. The zero-order valence-electron chi connectivity index (χ0n) is 13.7. The van der Waals surface area contributed by atoms with Gasteiger partial charge in [0.15, 0.2) is 9.84 Å². The van der Waals surface area contributed by atoms with E-state index in [1.165, 1.54) is 6.33 Å². The molecular weight excluding hydrogens is 330 g/mol. The van der Waals surface area contributed by atoms with Crippen LogP contribution in [-0.2, 0) is 9.84 Å². The molecule has 0 spiro atoms.